The number of ketones is 1. The van der Waals surface area contributed by atoms with Crippen molar-refractivity contribution in [1.29, 1.82) is 0 Å². The summed E-state index contributed by atoms with van der Waals surface area (Å²) in [5.74, 6) is 1.21. The number of carbonyl (C=O) groups is 5. The normalized spacial score (nSPS) is 17.3. The van der Waals surface area contributed by atoms with E-state index in [0.29, 0.717) is 143 Å². The quantitative estimate of drug-likeness (QED) is 0.0177. The molecule has 5 amide bonds. The molecule has 3 fully saturated rings. The number of anilines is 4. The number of Topliss-reactive ketones (excluding diaryl/α,β-unsaturated/α-hetero) is 1. The topological polar surface area (TPSA) is 230 Å². The second-order valence-corrected chi connectivity index (χ2v) is 19.1. The minimum absolute atomic E-state index is 0.0289. The van der Waals surface area contributed by atoms with Gasteiger partial charge in [-0.15, -0.1) is 0 Å². The van der Waals surface area contributed by atoms with Gasteiger partial charge in [-0.3, -0.25) is 19.2 Å². The van der Waals surface area contributed by atoms with Gasteiger partial charge in [-0.05, 0) is 81.0 Å². The molecule has 388 valence electrons. The molecule has 19 nitrogen and oxygen atoms in total. The number of unbranched alkanes of at least 4 members (excludes halogenated alkanes) is 2. The molecule has 3 aliphatic heterocycles. The summed E-state index contributed by atoms with van der Waals surface area (Å²) in [4.78, 5) is 76.7. The maximum Gasteiger partial charge on any atom is 0.315 e. The molecule has 0 aliphatic carbocycles. The maximum absolute atomic E-state index is 15.6. The van der Waals surface area contributed by atoms with Crippen LogP contribution in [0.3, 0.4) is 0 Å². The first-order valence-electron chi connectivity index (χ1n) is 25.0. The van der Waals surface area contributed by atoms with Crippen LogP contribution in [0.4, 0.5) is 32.2 Å². The van der Waals surface area contributed by atoms with Crippen molar-refractivity contribution in [2.24, 2.45) is 0 Å². The smallest absolute Gasteiger partial charge is 0.315 e. The maximum atomic E-state index is 15.6. The molecule has 2 aromatic carbocycles. The number of aromatic nitrogens is 3. The molecule has 0 unspecified atom stereocenters. The second-order valence-electron chi connectivity index (χ2n) is 17.8. The number of halogens is 1. The van der Waals surface area contributed by atoms with E-state index in [1.54, 1.807) is 53.6 Å². The molecule has 0 spiro atoms. The lowest BCUT2D eigenvalue weighted by Gasteiger charge is -2.36. The molecule has 0 radical (unpaired) electrons. The number of fused-ring (bicyclic) bond motifs is 2. The molecule has 3 aliphatic rings. The summed E-state index contributed by atoms with van der Waals surface area (Å²) >= 11 is 1.91. The summed E-state index contributed by atoms with van der Waals surface area (Å²) in [6.07, 6.45) is 10.3. The Bertz CT molecular complexity index is 2450. The molecular formula is C51H67FN10O9S. The van der Waals surface area contributed by atoms with Crippen molar-refractivity contribution in [3.8, 4) is 11.6 Å². The number of amides is 5. The van der Waals surface area contributed by atoms with Gasteiger partial charge in [0.2, 0.25) is 29.5 Å². The fourth-order valence-corrected chi connectivity index (χ4v) is 10.3. The lowest BCUT2D eigenvalue weighted by Crippen LogP contribution is -2.49. The number of nitrogens with zero attached hydrogens (tertiary/aromatic N) is 4. The van der Waals surface area contributed by atoms with Crippen molar-refractivity contribution in [3.05, 3.63) is 73.2 Å². The van der Waals surface area contributed by atoms with Crippen LogP contribution >= 0.6 is 11.8 Å². The van der Waals surface area contributed by atoms with Crippen LogP contribution in [0.15, 0.2) is 67.4 Å². The Morgan fingerprint density at radius 1 is 0.819 bits per heavy atom. The first kappa shape index (κ1) is 53.5. The van der Waals surface area contributed by atoms with Crippen LogP contribution in [0.2, 0.25) is 0 Å². The summed E-state index contributed by atoms with van der Waals surface area (Å²) < 4.78 is 38.5. The molecule has 5 heterocycles. The Labute approximate surface area is 423 Å². The van der Waals surface area contributed by atoms with Gasteiger partial charge in [0.15, 0.2) is 0 Å². The average molecular weight is 1020 g/mol. The third-order valence-corrected chi connectivity index (χ3v) is 14.0. The van der Waals surface area contributed by atoms with Crippen LogP contribution in [0.5, 0.6) is 11.6 Å². The number of hydrogen-bond donors (Lipinski definition) is 6. The van der Waals surface area contributed by atoms with E-state index in [1.165, 1.54) is 12.1 Å². The molecule has 6 N–H and O–H groups in total. The molecule has 0 bridgehead atoms. The predicted octanol–water partition coefficient (Wildman–Crippen LogP) is 6.60. The van der Waals surface area contributed by atoms with Crippen molar-refractivity contribution < 1.29 is 47.3 Å². The van der Waals surface area contributed by atoms with E-state index in [1.807, 2.05) is 16.7 Å². The molecule has 4 aromatic rings. The zero-order valence-electron chi connectivity index (χ0n) is 40.7. The first-order chi connectivity index (χ1) is 35.1. The zero-order valence-corrected chi connectivity index (χ0v) is 41.5. The van der Waals surface area contributed by atoms with Crippen LogP contribution in [0.1, 0.15) is 70.6 Å². The van der Waals surface area contributed by atoms with Crippen LogP contribution in [-0.2, 0) is 33.4 Å². The molecular weight excluding hydrogens is 948 g/mol. The Morgan fingerprint density at radius 2 is 1.58 bits per heavy atom. The molecule has 0 saturated carbocycles. The standard InChI is InChI=1S/C51H67FN10O9S/c1-2-44(64)55-35-10-7-13-38(32-35)71-49-39-19-21-54-48(39)59-50(60-49)56-36-17-18-42(40(52)33-36)61-22-24-62(25-23-61)46(66)16-8-15-45(65)53-20-9-27-69-29-31-70-30-28-68-26-6-5-12-37(63)11-3-4-14-43-47-41(34-72-43)57-51(67)58-47/h2,7,10,13,17-19,21,32-33,41,43,47H,1,3-6,8-9,11-12,14-16,20,22-31,34H2,(H,53,65)(H,55,64)(H2,57,58,67)(H2,54,56,59,60)/t41-,43-,47-/m0/s1. The number of nitrogens with one attached hydrogen (secondary N) is 6. The van der Waals surface area contributed by atoms with Gasteiger partial charge in [-0.25, -0.2) is 9.18 Å². The molecule has 21 heteroatoms. The Balaban J connectivity index is 0.668. The van der Waals surface area contributed by atoms with Gasteiger partial charge in [0, 0.05) is 106 Å². The SMILES string of the molecule is C=CC(=O)Nc1cccc(Oc2nc(Nc3ccc(N4CCN(C(=O)CCCC(=O)NCCCOCCOCCOCCCCC(=O)CCCC[C@@H]5SC[C@@H]6NC(=O)N[C@@H]65)CC4)c(F)c3)nc3[nH]ccc23)c1. The third-order valence-electron chi connectivity index (χ3n) is 12.5. The molecule has 3 atom stereocenters. The van der Waals surface area contributed by atoms with Crippen molar-refractivity contribution in [2.45, 2.75) is 88.0 Å². The number of urea groups is 1. The van der Waals surface area contributed by atoms with Crippen molar-refractivity contribution in [1.82, 2.24) is 35.8 Å². The summed E-state index contributed by atoms with van der Waals surface area (Å²) in [7, 11) is 0. The lowest BCUT2D eigenvalue weighted by atomic mass is 10.0. The van der Waals surface area contributed by atoms with E-state index in [0.717, 1.165) is 37.9 Å². The van der Waals surface area contributed by atoms with Gasteiger partial charge >= 0.3 is 6.03 Å². The van der Waals surface area contributed by atoms with E-state index in [4.69, 9.17) is 18.9 Å². The van der Waals surface area contributed by atoms with Crippen molar-refractivity contribution in [2.75, 3.05) is 93.7 Å². The van der Waals surface area contributed by atoms with Gasteiger partial charge in [0.1, 0.15) is 23.0 Å². The summed E-state index contributed by atoms with van der Waals surface area (Å²) in [5, 5.41) is 15.7. The number of ether oxygens (including phenoxy) is 4. The Kier molecular flexibility index (Phi) is 20.9. The van der Waals surface area contributed by atoms with Gasteiger partial charge in [0.05, 0.1) is 49.6 Å². The highest BCUT2D eigenvalue weighted by Gasteiger charge is 2.42. The van der Waals surface area contributed by atoms with Crippen molar-refractivity contribution >= 4 is 75.3 Å². The number of rotatable bonds is 31. The van der Waals surface area contributed by atoms with E-state index in [9.17, 15) is 24.0 Å². The summed E-state index contributed by atoms with van der Waals surface area (Å²) in [5.41, 5.74) is 1.88. The zero-order chi connectivity index (χ0) is 50.5. The van der Waals surface area contributed by atoms with E-state index >= 15 is 4.39 Å². The fourth-order valence-electron chi connectivity index (χ4n) is 8.71. The highest BCUT2D eigenvalue weighted by Crippen LogP contribution is 2.34. The first-order valence-corrected chi connectivity index (χ1v) is 26.0. The van der Waals surface area contributed by atoms with Crippen LogP contribution in [-0.4, -0.2) is 145 Å². The van der Waals surface area contributed by atoms with Gasteiger partial charge < -0.3 is 60.3 Å². The molecule has 72 heavy (non-hydrogen) atoms. The molecule has 2 aromatic heterocycles. The van der Waals surface area contributed by atoms with Gasteiger partial charge in [-0.2, -0.15) is 21.7 Å². The number of piperazine rings is 1. The highest BCUT2D eigenvalue weighted by atomic mass is 32.2. The van der Waals surface area contributed by atoms with E-state index in [-0.39, 0.29) is 60.5 Å². The number of benzene rings is 2. The molecule has 7 rings (SSSR count). The third kappa shape index (κ3) is 16.6. The number of hydrogen-bond acceptors (Lipinski definition) is 14. The van der Waals surface area contributed by atoms with Crippen LogP contribution in [0.25, 0.3) is 11.0 Å². The minimum Gasteiger partial charge on any atom is -0.438 e. The predicted molar refractivity (Wildman–Crippen MR) is 274 cm³/mol. The second kappa shape index (κ2) is 28.1. The van der Waals surface area contributed by atoms with Gasteiger partial charge in [-0.1, -0.05) is 19.1 Å². The minimum atomic E-state index is -0.439. The van der Waals surface area contributed by atoms with E-state index in [2.05, 4.69) is 48.1 Å². The van der Waals surface area contributed by atoms with Gasteiger partial charge in [0.25, 0.3) is 0 Å². The number of carbonyl (C=O) groups excluding carboxylic acids is 5. The monoisotopic (exact) mass is 1010 g/mol. The molecule has 3 saturated heterocycles. The van der Waals surface area contributed by atoms with E-state index < -0.39 is 5.82 Å². The number of thioether (sulfide) groups is 1. The van der Waals surface area contributed by atoms with Crippen molar-refractivity contribution in [3.63, 3.8) is 0 Å². The lowest BCUT2D eigenvalue weighted by molar-refractivity contribution is -0.131. The largest absolute Gasteiger partial charge is 0.438 e. The van der Waals surface area contributed by atoms with Crippen LogP contribution < -0.4 is 36.2 Å². The number of aromatic amines is 1. The average Bonchev–Trinajstić information content (AvgIpc) is 4.11. The highest BCUT2D eigenvalue weighted by molar-refractivity contribution is 8.00. The fraction of sp³-hybridized carbons (Fsp3) is 0.510. The summed E-state index contributed by atoms with van der Waals surface area (Å²) in [6, 6.07) is 13.8. The van der Waals surface area contributed by atoms with Crippen LogP contribution in [0, 0.1) is 5.82 Å². The summed E-state index contributed by atoms with van der Waals surface area (Å²) in [6.45, 7) is 8.69. The Hall–Kier alpha value is -6.29. The Morgan fingerprint density at radius 3 is 2.36 bits per heavy atom. The number of H-pyrrole nitrogens is 1.